The molecule has 174 valence electrons. The SMILES string of the molecule is CC(C)=CCCC(C)=CCc1c(O)c(CC=C(C)C)c2oc3ccc(O)cc3c(=O)c2c1O. The van der Waals surface area contributed by atoms with Crippen LogP contribution in [-0.2, 0) is 12.8 Å². The Morgan fingerprint density at radius 2 is 1.55 bits per heavy atom. The third kappa shape index (κ3) is 5.30. The molecule has 0 saturated heterocycles. The fourth-order valence-corrected chi connectivity index (χ4v) is 3.82. The van der Waals surface area contributed by atoms with E-state index in [2.05, 4.69) is 19.9 Å². The van der Waals surface area contributed by atoms with Crippen LogP contribution in [0.15, 0.2) is 62.4 Å². The van der Waals surface area contributed by atoms with Gasteiger partial charge in [0.1, 0.15) is 33.8 Å². The Bertz CT molecular complexity index is 1340. The maximum absolute atomic E-state index is 13.3. The van der Waals surface area contributed by atoms with Crippen LogP contribution in [0.4, 0.5) is 0 Å². The first kappa shape index (κ1) is 24.2. The number of rotatable bonds is 7. The topological polar surface area (TPSA) is 90.9 Å². The van der Waals surface area contributed by atoms with E-state index in [1.807, 2.05) is 32.9 Å². The number of hydrogen-bond donors (Lipinski definition) is 3. The van der Waals surface area contributed by atoms with Crippen LogP contribution in [0.3, 0.4) is 0 Å². The summed E-state index contributed by atoms with van der Waals surface area (Å²) in [6.45, 7) is 10.0. The molecule has 3 N–H and O–H groups in total. The molecule has 5 nitrogen and oxygen atoms in total. The zero-order valence-electron chi connectivity index (χ0n) is 20.0. The summed E-state index contributed by atoms with van der Waals surface area (Å²) in [5.41, 5.74) is 4.22. The summed E-state index contributed by atoms with van der Waals surface area (Å²) in [5, 5.41) is 32.2. The summed E-state index contributed by atoms with van der Waals surface area (Å²) in [7, 11) is 0. The van der Waals surface area contributed by atoms with Gasteiger partial charge in [0.05, 0.1) is 5.39 Å². The van der Waals surface area contributed by atoms with Crippen molar-refractivity contribution in [1.82, 2.24) is 0 Å². The van der Waals surface area contributed by atoms with Crippen LogP contribution in [0, 0.1) is 0 Å². The zero-order chi connectivity index (χ0) is 24.3. The van der Waals surface area contributed by atoms with Crippen LogP contribution >= 0.6 is 0 Å². The minimum atomic E-state index is -0.441. The van der Waals surface area contributed by atoms with Gasteiger partial charge in [0.2, 0.25) is 5.43 Å². The number of aromatic hydroxyl groups is 3. The molecule has 0 aliphatic carbocycles. The van der Waals surface area contributed by atoms with Crippen LogP contribution in [-0.4, -0.2) is 15.3 Å². The molecule has 1 aromatic heterocycles. The summed E-state index contributed by atoms with van der Waals surface area (Å²) in [4.78, 5) is 13.3. The molecule has 0 aliphatic heterocycles. The predicted molar refractivity (Wildman–Crippen MR) is 134 cm³/mol. The fraction of sp³-hybridized carbons (Fsp3) is 0.321. The normalized spacial score (nSPS) is 11.7. The molecule has 5 heteroatoms. The van der Waals surface area contributed by atoms with Crippen LogP contribution < -0.4 is 5.43 Å². The molecule has 2 aromatic carbocycles. The van der Waals surface area contributed by atoms with E-state index in [1.165, 1.54) is 23.8 Å². The molecule has 3 rings (SSSR count). The summed E-state index contributed by atoms with van der Waals surface area (Å²) in [5.74, 6) is -0.407. The lowest BCUT2D eigenvalue weighted by atomic mass is 9.96. The molecule has 0 saturated carbocycles. The van der Waals surface area contributed by atoms with E-state index in [0.29, 0.717) is 17.5 Å². The lowest BCUT2D eigenvalue weighted by Gasteiger charge is -2.15. The molecule has 0 radical (unpaired) electrons. The molecule has 0 fully saturated rings. The average Bonchev–Trinajstić information content (AvgIpc) is 2.73. The van der Waals surface area contributed by atoms with E-state index in [1.54, 1.807) is 0 Å². The Kier molecular flexibility index (Phi) is 7.32. The van der Waals surface area contributed by atoms with Crippen molar-refractivity contribution in [3.8, 4) is 17.2 Å². The summed E-state index contributed by atoms with van der Waals surface area (Å²) >= 11 is 0. The van der Waals surface area contributed by atoms with Crippen LogP contribution in [0.5, 0.6) is 17.2 Å². The molecule has 0 amide bonds. The van der Waals surface area contributed by atoms with Gasteiger partial charge in [-0.05, 0) is 78.5 Å². The number of allylic oxidation sites excluding steroid dienone is 6. The van der Waals surface area contributed by atoms with E-state index in [-0.39, 0.29) is 45.6 Å². The molecule has 33 heavy (non-hydrogen) atoms. The molecular weight excluding hydrogens is 416 g/mol. The predicted octanol–water partition coefficient (Wildman–Crippen LogP) is 6.81. The molecule has 1 heterocycles. The fourth-order valence-electron chi connectivity index (χ4n) is 3.82. The minimum absolute atomic E-state index is 0.0219. The van der Waals surface area contributed by atoms with Gasteiger partial charge >= 0.3 is 0 Å². The quantitative estimate of drug-likeness (QED) is 0.273. The van der Waals surface area contributed by atoms with E-state index in [9.17, 15) is 20.1 Å². The molecular formula is C28H32O5. The van der Waals surface area contributed by atoms with Crippen molar-refractivity contribution in [2.24, 2.45) is 0 Å². The number of phenols is 3. The Balaban J connectivity index is 2.22. The molecule has 0 bridgehead atoms. The van der Waals surface area contributed by atoms with Crippen molar-refractivity contribution in [3.05, 3.63) is 74.5 Å². The van der Waals surface area contributed by atoms with Gasteiger partial charge in [0.25, 0.3) is 0 Å². The average molecular weight is 449 g/mol. The first-order valence-corrected chi connectivity index (χ1v) is 11.2. The Morgan fingerprint density at radius 3 is 2.21 bits per heavy atom. The standard InChI is InChI=1S/C28H32O5/c1-16(2)7-6-8-18(5)10-13-20-25(30)21(12-9-17(3)4)28-24(26(20)31)27(32)22-15-19(29)11-14-23(22)33-28/h7,9-11,14-15,29-31H,6,8,12-13H2,1-5H3. The number of hydrogen-bond acceptors (Lipinski definition) is 5. The smallest absolute Gasteiger partial charge is 0.204 e. The van der Waals surface area contributed by atoms with Crippen molar-refractivity contribution < 1.29 is 19.7 Å². The molecule has 0 spiro atoms. The van der Waals surface area contributed by atoms with Gasteiger partial charge in [0, 0.05) is 11.1 Å². The summed E-state index contributed by atoms with van der Waals surface area (Å²) in [6, 6.07) is 4.27. The van der Waals surface area contributed by atoms with Gasteiger partial charge in [-0.3, -0.25) is 4.79 Å². The molecule has 0 unspecified atom stereocenters. The lowest BCUT2D eigenvalue weighted by molar-refractivity contribution is 0.439. The monoisotopic (exact) mass is 448 g/mol. The largest absolute Gasteiger partial charge is 0.508 e. The Hall–Kier alpha value is -3.47. The van der Waals surface area contributed by atoms with Crippen molar-refractivity contribution in [2.45, 2.75) is 60.3 Å². The zero-order valence-corrected chi connectivity index (χ0v) is 20.0. The van der Waals surface area contributed by atoms with Gasteiger partial charge in [-0.1, -0.05) is 34.9 Å². The van der Waals surface area contributed by atoms with Gasteiger partial charge in [0.15, 0.2) is 0 Å². The second-order valence-electron chi connectivity index (χ2n) is 9.03. The van der Waals surface area contributed by atoms with E-state index >= 15 is 0 Å². The van der Waals surface area contributed by atoms with Crippen LogP contribution in [0.2, 0.25) is 0 Å². The third-order valence-electron chi connectivity index (χ3n) is 5.70. The van der Waals surface area contributed by atoms with Crippen LogP contribution in [0.25, 0.3) is 21.9 Å². The highest BCUT2D eigenvalue weighted by Crippen LogP contribution is 2.41. The molecule has 0 aliphatic rings. The van der Waals surface area contributed by atoms with E-state index < -0.39 is 5.43 Å². The maximum atomic E-state index is 13.3. The van der Waals surface area contributed by atoms with Crippen LogP contribution in [0.1, 0.15) is 58.6 Å². The van der Waals surface area contributed by atoms with Gasteiger partial charge in [-0.2, -0.15) is 0 Å². The highest BCUT2D eigenvalue weighted by atomic mass is 16.3. The summed E-state index contributed by atoms with van der Waals surface area (Å²) in [6.07, 6.45) is 8.52. The van der Waals surface area contributed by atoms with Gasteiger partial charge < -0.3 is 19.7 Å². The van der Waals surface area contributed by atoms with Crippen molar-refractivity contribution in [2.75, 3.05) is 0 Å². The minimum Gasteiger partial charge on any atom is -0.508 e. The molecule has 3 aromatic rings. The number of benzene rings is 2. The maximum Gasteiger partial charge on any atom is 0.204 e. The lowest BCUT2D eigenvalue weighted by Crippen LogP contribution is -2.06. The van der Waals surface area contributed by atoms with E-state index in [4.69, 9.17) is 4.42 Å². The number of phenolic OH excluding ortho intramolecular Hbond substituents is 3. The van der Waals surface area contributed by atoms with E-state index in [0.717, 1.165) is 24.0 Å². The third-order valence-corrected chi connectivity index (χ3v) is 5.70. The summed E-state index contributed by atoms with van der Waals surface area (Å²) < 4.78 is 5.98. The Morgan fingerprint density at radius 1 is 0.879 bits per heavy atom. The van der Waals surface area contributed by atoms with Gasteiger partial charge in [-0.25, -0.2) is 0 Å². The molecule has 0 atom stereocenters. The number of fused-ring (bicyclic) bond motifs is 2. The van der Waals surface area contributed by atoms with Crippen molar-refractivity contribution >= 4 is 21.9 Å². The first-order chi connectivity index (χ1) is 15.6. The Labute approximate surface area is 194 Å². The second-order valence-corrected chi connectivity index (χ2v) is 9.03. The second kappa shape index (κ2) is 9.99. The highest BCUT2D eigenvalue weighted by molar-refractivity contribution is 5.97. The van der Waals surface area contributed by atoms with Crippen molar-refractivity contribution in [3.63, 3.8) is 0 Å². The first-order valence-electron chi connectivity index (χ1n) is 11.2. The van der Waals surface area contributed by atoms with Crippen molar-refractivity contribution in [1.29, 1.82) is 0 Å². The highest BCUT2D eigenvalue weighted by Gasteiger charge is 2.23. The van der Waals surface area contributed by atoms with Gasteiger partial charge in [-0.15, -0.1) is 0 Å².